The number of nitrogens with one attached hydrogen (secondary N) is 3. The first-order valence-corrected chi connectivity index (χ1v) is 12.1. The molecule has 1 aliphatic rings. The van der Waals surface area contributed by atoms with Crippen molar-refractivity contribution in [3.63, 3.8) is 0 Å². The second-order valence-corrected chi connectivity index (χ2v) is 9.01. The standard InChI is InChI=1S/C21H28N4O4S2/c1-2-29-19-7-3-18(4-8-19)24-31(26,27)20-9-5-17(6-10-20)23-21(30)22-11-12-25-13-15-28-16-14-25/h3-10,24H,2,11-16H2,1H3,(H2,22,23,30). The van der Waals surface area contributed by atoms with Crippen molar-refractivity contribution in [3.05, 3.63) is 48.5 Å². The molecule has 8 nitrogen and oxygen atoms in total. The fourth-order valence-corrected chi connectivity index (χ4v) is 4.32. The SMILES string of the molecule is CCOc1ccc(NS(=O)(=O)c2ccc(NC(=S)NCCN3CCOCC3)cc2)cc1. The lowest BCUT2D eigenvalue weighted by Gasteiger charge is -2.26. The van der Waals surface area contributed by atoms with Gasteiger partial charge in [0.05, 0.1) is 24.7 Å². The Morgan fingerprint density at radius 3 is 2.35 bits per heavy atom. The number of ether oxygens (including phenoxy) is 2. The van der Waals surface area contributed by atoms with Gasteiger partial charge in [-0.05, 0) is 67.7 Å². The molecule has 2 aromatic rings. The van der Waals surface area contributed by atoms with E-state index in [4.69, 9.17) is 21.7 Å². The van der Waals surface area contributed by atoms with Crippen LogP contribution in [0.5, 0.6) is 5.75 Å². The van der Waals surface area contributed by atoms with E-state index < -0.39 is 10.0 Å². The summed E-state index contributed by atoms with van der Waals surface area (Å²) < 4.78 is 38.5. The maximum absolute atomic E-state index is 12.6. The Balaban J connectivity index is 1.49. The summed E-state index contributed by atoms with van der Waals surface area (Å²) in [6.45, 7) is 7.47. The predicted molar refractivity (Wildman–Crippen MR) is 126 cm³/mol. The topological polar surface area (TPSA) is 91.9 Å². The van der Waals surface area contributed by atoms with Crippen molar-refractivity contribution in [2.24, 2.45) is 0 Å². The second-order valence-electron chi connectivity index (χ2n) is 6.92. The summed E-state index contributed by atoms with van der Waals surface area (Å²) in [4.78, 5) is 2.48. The normalized spacial score (nSPS) is 14.6. The van der Waals surface area contributed by atoms with Crippen LogP contribution in [0.15, 0.2) is 53.4 Å². The highest BCUT2D eigenvalue weighted by molar-refractivity contribution is 7.92. The van der Waals surface area contributed by atoms with Gasteiger partial charge in [0.25, 0.3) is 10.0 Å². The van der Waals surface area contributed by atoms with Crippen LogP contribution in [0, 0.1) is 0 Å². The fourth-order valence-electron chi connectivity index (χ4n) is 3.04. The van der Waals surface area contributed by atoms with E-state index in [0.717, 1.165) is 39.4 Å². The monoisotopic (exact) mass is 464 g/mol. The molecule has 3 rings (SSSR count). The van der Waals surface area contributed by atoms with E-state index in [1.54, 1.807) is 36.4 Å². The lowest BCUT2D eigenvalue weighted by molar-refractivity contribution is 0.0389. The quantitative estimate of drug-likeness (QED) is 0.488. The number of nitrogens with zero attached hydrogens (tertiary/aromatic N) is 1. The molecule has 0 amide bonds. The van der Waals surface area contributed by atoms with Gasteiger partial charge in [0.15, 0.2) is 5.11 Å². The molecule has 0 bridgehead atoms. The molecule has 0 spiro atoms. The first-order valence-electron chi connectivity index (χ1n) is 10.2. The number of benzene rings is 2. The largest absolute Gasteiger partial charge is 0.494 e. The molecule has 1 fully saturated rings. The van der Waals surface area contributed by atoms with Crippen LogP contribution >= 0.6 is 12.2 Å². The van der Waals surface area contributed by atoms with Crippen LogP contribution in [0.2, 0.25) is 0 Å². The maximum Gasteiger partial charge on any atom is 0.261 e. The van der Waals surface area contributed by atoms with Crippen LogP contribution in [0.1, 0.15) is 6.92 Å². The zero-order valence-electron chi connectivity index (χ0n) is 17.5. The highest BCUT2D eigenvalue weighted by Gasteiger charge is 2.14. The average Bonchev–Trinajstić information content (AvgIpc) is 2.76. The van der Waals surface area contributed by atoms with Gasteiger partial charge in [0.1, 0.15) is 5.75 Å². The fraction of sp³-hybridized carbons (Fsp3) is 0.381. The van der Waals surface area contributed by atoms with E-state index in [1.165, 1.54) is 12.1 Å². The summed E-state index contributed by atoms with van der Waals surface area (Å²) in [7, 11) is -3.69. The third-order valence-corrected chi connectivity index (χ3v) is 6.30. The van der Waals surface area contributed by atoms with Crippen molar-refractivity contribution in [1.82, 2.24) is 10.2 Å². The van der Waals surface area contributed by atoms with Crippen molar-refractivity contribution in [2.75, 3.05) is 56.0 Å². The number of sulfonamides is 1. The second kappa shape index (κ2) is 11.3. The van der Waals surface area contributed by atoms with Gasteiger partial charge >= 0.3 is 0 Å². The zero-order chi connectivity index (χ0) is 22.1. The number of hydrogen-bond donors (Lipinski definition) is 3. The summed E-state index contributed by atoms with van der Waals surface area (Å²) in [6.07, 6.45) is 0. The van der Waals surface area contributed by atoms with E-state index in [9.17, 15) is 8.42 Å². The molecule has 10 heteroatoms. The summed E-state index contributed by atoms with van der Waals surface area (Å²) in [5.41, 5.74) is 1.18. The molecule has 0 aliphatic carbocycles. The lowest BCUT2D eigenvalue weighted by Crippen LogP contribution is -2.42. The predicted octanol–water partition coefficient (Wildman–Crippen LogP) is 2.50. The molecule has 1 aliphatic heterocycles. The minimum absolute atomic E-state index is 0.165. The molecular weight excluding hydrogens is 436 g/mol. The van der Waals surface area contributed by atoms with Crippen molar-refractivity contribution in [1.29, 1.82) is 0 Å². The van der Waals surface area contributed by atoms with Crippen molar-refractivity contribution >= 4 is 38.7 Å². The van der Waals surface area contributed by atoms with Gasteiger partial charge in [-0.15, -0.1) is 0 Å². The van der Waals surface area contributed by atoms with Crippen LogP contribution in [0.25, 0.3) is 0 Å². The molecule has 168 valence electrons. The molecule has 1 heterocycles. The summed E-state index contributed by atoms with van der Waals surface area (Å²) in [5, 5.41) is 6.74. The minimum atomic E-state index is -3.69. The number of thiocarbonyl (C=S) groups is 1. The molecule has 0 aromatic heterocycles. The molecular formula is C21H28N4O4S2. The first kappa shape index (κ1) is 23.3. The summed E-state index contributed by atoms with van der Waals surface area (Å²) in [6, 6.07) is 13.2. The Kier molecular flexibility index (Phi) is 8.47. The highest BCUT2D eigenvalue weighted by Crippen LogP contribution is 2.20. The highest BCUT2D eigenvalue weighted by atomic mass is 32.2. The lowest BCUT2D eigenvalue weighted by atomic mass is 10.3. The van der Waals surface area contributed by atoms with Gasteiger partial charge < -0.3 is 20.1 Å². The van der Waals surface area contributed by atoms with Crippen LogP contribution in [-0.4, -0.2) is 64.4 Å². The van der Waals surface area contributed by atoms with Crippen molar-refractivity contribution in [2.45, 2.75) is 11.8 Å². The molecule has 2 aromatic carbocycles. The Labute approximate surface area is 189 Å². The Hall–Kier alpha value is -2.40. The summed E-state index contributed by atoms with van der Waals surface area (Å²) >= 11 is 5.32. The molecule has 0 radical (unpaired) electrons. The third kappa shape index (κ3) is 7.35. The van der Waals surface area contributed by atoms with E-state index in [0.29, 0.717) is 28.8 Å². The van der Waals surface area contributed by atoms with Crippen molar-refractivity contribution in [3.8, 4) is 5.75 Å². The van der Waals surface area contributed by atoms with Gasteiger partial charge in [-0.1, -0.05) is 0 Å². The molecule has 1 saturated heterocycles. The van der Waals surface area contributed by atoms with Crippen LogP contribution in [0.3, 0.4) is 0 Å². The van der Waals surface area contributed by atoms with E-state index in [1.807, 2.05) is 6.92 Å². The third-order valence-electron chi connectivity index (χ3n) is 4.66. The Morgan fingerprint density at radius 1 is 1.06 bits per heavy atom. The summed E-state index contributed by atoms with van der Waals surface area (Å²) in [5.74, 6) is 0.690. The average molecular weight is 465 g/mol. The van der Waals surface area contributed by atoms with Crippen molar-refractivity contribution < 1.29 is 17.9 Å². The Bertz CT molecular complexity index is 944. The smallest absolute Gasteiger partial charge is 0.261 e. The first-order chi connectivity index (χ1) is 15.0. The van der Waals surface area contributed by atoms with Crippen LogP contribution in [0.4, 0.5) is 11.4 Å². The molecule has 0 atom stereocenters. The minimum Gasteiger partial charge on any atom is -0.494 e. The maximum atomic E-state index is 12.6. The number of anilines is 2. The number of morpholine rings is 1. The van der Waals surface area contributed by atoms with Gasteiger partial charge in [-0.2, -0.15) is 0 Å². The molecule has 0 unspecified atom stereocenters. The van der Waals surface area contributed by atoms with Crippen LogP contribution < -0.4 is 20.1 Å². The van der Waals surface area contributed by atoms with Gasteiger partial charge in [0, 0.05) is 37.6 Å². The Morgan fingerprint density at radius 2 is 1.71 bits per heavy atom. The van der Waals surface area contributed by atoms with Gasteiger partial charge in [-0.3, -0.25) is 9.62 Å². The van der Waals surface area contributed by atoms with Crippen LogP contribution in [-0.2, 0) is 14.8 Å². The van der Waals surface area contributed by atoms with E-state index in [2.05, 4.69) is 20.3 Å². The molecule has 31 heavy (non-hydrogen) atoms. The number of hydrogen-bond acceptors (Lipinski definition) is 6. The van der Waals surface area contributed by atoms with E-state index in [-0.39, 0.29) is 4.90 Å². The van der Waals surface area contributed by atoms with E-state index >= 15 is 0 Å². The van der Waals surface area contributed by atoms with Gasteiger partial charge in [0.2, 0.25) is 0 Å². The zero-order valence-corrected chi connectivity index (χ0v) is 19.1. The molecule has 0 saturated carbocycles. The van der Waals surface area contributed by atoms with Gasteiger partial charge in [-0.25, -0.2) is 8.42 Å². The molecule has 3 N–H and O–H groups in total. The number of rotatable bonds is 9.